The molecule has 0 spiro atoms. The van der Waals surface area contributed by atoms with Crippen molar-refractivity contribution in [3.8, 4) is 0 Å². The highest BCUT2D eigenvalue weighted by Crippen LogP contribution is 2.27. The molecule has 1 aromatic carbocycles. The van der Waals surface area contributed by atoms with Crippen molar-refractivity contribution < 1.29 is 9.90 Å². The van der Waals surface area contributed by atoms with E-state index in [-0.39, 0.29) is 0 Å². The van der Waals surface area contributed by atoms with Crippen LogP contribution in [0.3, 0.4) is 0 Å². The number of fused-ring (bicyclic) bond motifs is 1. The van der Waals surface area contributed by atoms with Crippen molar-refractivity contribution in [2.45, 2.75) is 18.9 Å². The summed E-state index contributed by atoms with van der Waals surface area (Å²) < 4.78 is 0. The zero-order valence-electron chi connectivity index (χ0n) is 9.91. The van der Waals surface area contributed by atoms with E-state index in [0.717, 1.165) is 29.6 Å². The van der Waals surface area contributed by atoms with Crippen molar-refractivity contribution in [1.82, 2.24) is 4.98 Å². The van der Waals surface area contributed by atoms with Gasteiger partial charge in [0.25, 0.3) is 0 Å². The molecule has 2 aromatic rings. The van der Waals surface area contributed by atoms with E-state index in [4.69, 9.17) is 0 Å². The number of carboxylic acid groups (broad SMARTS) is 1. The minimum absolute atomic E-state index is 0.409. The fraction of sp³-hybridized carbons (Fsp3) is 0.286. The molecule has 0 aliphatic carbocycles. The first kappa shape index (κ1) is 11.0. The van der Waals surface area contributed by atoms with Crippen LogP contribution in [0.5, 0.6) is 0 Å². The van der Waals surface area contributed by atoms with Crippen molar-refractivity contribution in [2.75, 3.05) is 11.4 Å². The molecule has 1 aromatic heterocycles. The first-order valence-electron chi connectivity index (χ1n) is 6.10. The lowest BCUT2D eigenvalue weighted by molar-refractivity contribution is -0.138. The molecule has 4 heteroatoms. The monoisotopic (exact) mass is 242 g/mol. The number of aliphatic carboxylic acids is 1. The van der Waals surface area contributed by atoms with Gasteiger partial charge in [-0.1, -0.05) is 18.2 Å². The smallest absolute Gasteiger partial charge is 0.326 e. The van der Waals surface area contributed by atoms with Gasteiger partial charge < -0.3 is 10.0 Å². The maximum Gasteiger partial charge on any atom is 0.326 e. The molecule has 0 unspecified atom stereocenters. The van der Waals surface area contributed by atoms with Crippen LogP contribution in [0.25, 0.3) is 10.9 Å². The Morgan fingerprint density at radius 3 is 3.06 bits per heavy atom. The van der Waals surface area contributed by atoms with Crippen LogP contribution in [0.4, 0.5) is 5.69 Å². The molecule has 1 saturated heterocycles. The number of nitrogens with zero attached hydrogens (tertiary/aromatic N) is 2. The van der Waals surface area contributed by atoms with Crippen molar-refractivity contribution in [1.29, 1.82) is 0 Å². The van der Waals surface area contributed by atoms with Gasteiger partial charge in [-0.05, 0) is 25.0 Å². The SMILES string of the molecule is O=C(O)[C@@H]1CCCN1c1cnc2ccccc2c1. The number of para-hydroxylation sites is 1. The average molecular weight is 242 g/mol. The van der Waals surface area contributed by atoms with E-state index < -0.39 is 12.0 Å². The molecule has 0 bridgehead atoms. The van der Waals surface area contributed by atoms with E-state index in [0.29, 0.717) is 6.42 Å². The molecule has 0 saturated carbocycles. The van der Waals surface area contributed by atoms with Crippen molar-refractivity contribution >= 4 is 22.6 Å². The summed E-state index contributed by atoms with van der Waals surface area (Å²) in [6.07, 6.45) is 3.40. The second-order valence-electron chi connectivity index (χ2n) is 4.58. The van der Waals surface area contributed by atoms with Gasteiger partial charge in [0.2, 0.25) is 0 Å². The molecule has 1 fully saturated rings. The third-order valence-electron chi connectivity index (χ3n) is 3.45. The Kier molecular flexibility index (Phi) is 2.63. The molecule has 1 atom stereocenters. The first-order chi connectivity index (χ1) is 8.75. The molecule has 3 rings (SSSR count). The molecule has 4 nitrogen and oxygen atoms in total. The number of hydrogen-bond acceptors (Lipinski definition) is 3. The molecular formula is C14H14N2O2. The van der Waals surface area contributed by atoms with Crippen LogP contribution in [0.1, 0.15) is 12.8 Å². The van der Waals surface area contributed by atoms with E-state index in [9.17, 15) is 9.90 Å². The van der Waals surface area contributed by atoms with Crippen LogP contribution < -0.4 is 4.90 Å². The number of anilines is 1. The predicted octanol–water partition coefficient (Wildman–Crippen LogP) is 2.29. The molecule has 1 aliphatic rings. The van der Waals surface area contributed by atoms with E-state index in [2.05, 4.69) is 4.98 Å². The highest BCUT2D eigenvalue weighted by atomic mass is 16.4. The number of benzene rings is 1. The topological polar surface area (TPSA) is 53.4 Å². The van der Waals surface area contributed by atoms with Crippen molar-refractivity contribution in [2.24, 2.45) is 0 Å². The molecule has 1 aliphatic heterocycles. The highest BCUT2D eigenvalue weighted by molar-refractivity contribution is 5.84. The largest absolute Gasteiger partial charge is 0.480 e. The van der Waals surface area contributed by atoms with Crippen molar-refractivity contribution in [3.63, 3.8) is 0 Å². The number of hydrogen-bond donors (Lipinski definition) is 1. The standard InChI is InChI=1S/C14H14N2O2/c17-14(18)13-6-3-7-16(13)11-8-10-4-1-2-5-12(10)15-9-11/h1-2,4-5,8-9,13H,3,6-7H2,(H,17,18)/t13-/m0/s1. The Morgan fingerprint density at radius 1 is 1.39 bits per heavy atom. The summed E-state index contributed by atoms with van der Waals surface area (Å²) in [4.78, 5) is 17.5. The molecule has 0 radical (unpaired) electrons. The summed E-state index contributed by atoms with van der Waals surface area (Å²) in [5.41, 5.74) is 1.84. The summed E-state index contributed by atoms with van der Waals surface area (Å²) in [5.74, 6) is -0.749. The lowest BCUT2D eigenvalue weighted by atomic mass is 10.2. The van der Waals surface area contributed by atoms with Crippen LogP contribution in [0.2, 0.25) is 0 Å². The minimum Gasteiger partial charge on any atom is -0.480 e. The summed E-state index contributed by atoms with van der Waals surface area (Å²) >= 11 is 0. The number of carboxylic acids is 1. The third-order valence-corrected chi connectivity index (χ3v) is 3.45. The Labute approximate surface area is 105 Å². The molecule has 2 heterocycles. The van der Waals surface area contributed by atoms with Gasteiger partial charge in [-0.25, -0.2) is 4.79 Å². The average Bonchev–Trinajstić information content (AvgIpc) is 2.87. The lowest BCUT2D eigenvalue weighted by Crippen LogP contribution is -2.35. The molecule has 92 valence electrons. The zero-order valence-corrected chi connectivity index (χ0v) is 9.91. The number of pyridine rings is 1. The van der Waals surface area contributed by atoms with E-state index in [1.54, 1.807) is 6.20 Å². The molecule has 0 amide bonds. The second-order valence-corrected chi connectivity index (χ2v) is 4.58. The summed E-state index contributed by atoms with van der Waals surface area (Å²) in [6.45, 7) is 0.789. The number of aromatic nitrogens is 1. The summed E-state index contributed by atoms with van der Waals surface area (Å²) in [7, 11) is 0. The Bertz CT molecular complexity index is 597. The zero-order chi connectivity index (χ0) is 12.5. The Hall–Kier alpha value is -2.10. The third kappa shape index (κ3) is 1.79. The van der Waals surface area contributed by atoms with Gasteiger partial charge in [0, 0.05) is 11.9 Å². The van der Waals surface area contributed by atoms with Crippen molar-refractivity contribution in [3.05, 3.63) is 36.5 Å². The quantitative estimate of drug-likeness (QED) is 0.877. The van der Waals surface area contributed by atoms with E-state index >= 15 is 0 Å². The number of carbonyl (C=O) groups is 1. The highest BCUT2D eigenvalue weighted by Gasteiger charge is 2.30. The van der Waals surface area contributed by atoms with Gasteiger partial charge >= 0.3 is 5.97 Å². The molecular weight excluding hydrogens is 228 g/mol. The maximum absolute atomic E-state index is 11.2. The fourth-order valence-electron chi connectivity index (χ4n) is 2.55. The van der Waals surface area contributed by atoms with Gasteiger partial charge in [0.05, 0.1) is 17.4 Å². The maximum atomic E-state index is 11.2. The number of rotatable bonds is 2. The fourth-order valence-corrected chi connectivity index (χ4v) is 2.55. The molecule has 1 N–H and O–H groups in total. The summed E-state index contributed by atoms with van der Waals surface area (Å²) in [6, 6.07) is 9.48. The van der Waals surface area contributed by atoms with Crippen LogP contribution in [0, 0.1) is 0 Å². The van der Waals surface area contributed by atoms with Gasteiger partial charge in [0.15, 0.2) is 0 Å². The summed E-state index contributed by atoms with van der Waals surface area (Å²) in [5, 5.41) is 10.2. The normalized spacial score (nSPS) is 19.3. The van der Waals surface area contributed by atoms with Gasteiger partial charge in [0.1, 0.15) is 6.04 Å². The van der Waals surface area contributed by atoms with Crippen LogP contribution in [-0.4, -0.2) is 28.6 Å². The van der Waals surface area contributed by atoms with Crippen LogP contribution in [0.15, 0.2) is 36.5 Å². The lowest BCUT2D eigenvalue weighted by Gasteiger charge is -2.23. The minimum atomic E-state index is -0.749. The van der Waals surface area contributed by atoms with Gasteiger partial charge in [-0.15, -0.1) is 0 Å². The van der Waals surface area contributed by atoms with E-state index in [1.165, 1.54) is 0 Å². The van der Waals surface area contributed by atoms with Crippen LogP contribution in [-0.2, 0) is 4.79 Å². The van der Waals surface area contributed by atoms with Gasteiger partial charge in [-0.3, -0.25) is 4.98 Å². The molecule has 18 heavy (non-hydrogen) atoms. The van der Waals surface area contributed by atoms with Gasteiger partial charge in [-0.2, -0.15) is 0 Å². The Balaban J connectivity index is 2.01. The Morgan fingerprint density at radius 2 is 2.22 bits per heavy atom. The predicted molar refractivity (Wildman–Crippen MR) is 69.7 cm³/mol. The second kappa shape index (κ2) is 4.29. The first-order valence-corrected chi connectivity index (χ1v) is 6.10. The van der Waals surface area contributed by atoms with Crippen LogP contribution >= 0.6 is 0 Å². The van der Waals surface area contributed by atoms with E-state index in [1.807, 2.05) is 35.2 Å².